The third-order valence-electron chi connectivity index (χ3n) is 9.51. The Labute approximate surface area is 332 Å². The molecule has 0 saturated carbocycles. The topological polar surface area (TPSA) is 82.4 Å². The molecule has 6 nitrogen and oxygen atoms in total. The van der Waals surface area contributed by atoms with Gasteiger partial charge in [0, 0.05) is 51.9 Å². The Hall–Kier alpha value is -5.95. The summed E-state index contributed by atoms with van der Waals surface area (Å²) in [6.45, 7) is 8.33. The van der Waals surface area contributed by atoms with Crippen LogP contribution in [-0.2, 0) is 13.1 Å². The maximum absolute atomic E-state index is 12.7. The van der Waals surface area contributed by atoms with Crippen molar-refractivity contribution in [3.63, 3.8) is 0 Å². The summed E-state index contributed by atoms with van der Waals surface area (Å²) in [6, 6.07) is 45.4. The number of ketones is 2. The lowest BCUT2D eigenvalue weighted by Crippen LogP contribution is -2.05. The number of hydrogen-bond acceptors (Lipinski definition) is 4. The fourth-order valence-electron chi connectivity index (χ4n) is 6.89. The van der Waals surface area contributed by atoms with Gasteiger partial charge in [0.1, 0.15) is 0 Å². The van der Waals surface area contributed by atoms with Gasteiger partial charge in [-0.1, -0.05) is 138 Å². The predicted molar refractivity (Wildman–Crippen MR) is 228 cm³/mol. The van der Waals surface area contributed by atoms with Crippen LogP contribution in [0.2, 0.25) is 10.0 Å². The van der Waals surface area contributed by atoms with Gasteiger partial charge in [-0.3, -0.25) is 14.6 Å². The Morgan fingerprint density at radius 2 is 0.982 bits per heavy atom. The maximum atomic E-state index is 12.7. The van der Waals surface area contributed by atoms with Crippen LogP contribution in [-0.4, -0.2) is 26.9 Å². The van der Waals surface area contributed by atoms with Crippen molar-refractivity contribution in [2.24, 2.45) is 4.99 Å². The Kier molecular flexibility index (Phi) is 12.3. The average molecular weight is 766 g/mol. The van der Waals surface area contributed by atoms with Gasteiger partial charge in [-0.15, -0.1) is 0 Å². The molecule has 0 radical (unpaired) electrons. The minimum absolute atomic E-state index is 0.00440. The molecule has 0 unspecified atom stereocenters. The summed E-state index contributed by atoms with van der Waals surface area (Å²) in [5, 5.41) is 1.41. The second kappa shape index (κ2) is 17.5. The number of rotatable bonds is 10. The van der Waals surface area contributed by atoms with Crippen LogP contribution >= 0.6 is 23.2 Å². The van der Waals surface area contributed by atoms with Gasteiger partial charge in [0.15, 0.2) is 11.6 Å². The molecular formula is C47H42Cl2N4O2. The fourth-order valence-corrected chi connectivity index (χ4v) is 7.14. The zero-order valence-electron chi connectivity index (χ0n) is 31.3. The van der Waals surface area contributed by atoms with Crippen LogP contribution in [0.3, 0.4) is 0 Å². The van der Waals surface area contributed by atoms with E-state index in [1.54, 1.807) is 13.8 Å². The van der Waals surface area contributed by atoms with E-state index in [1.807, 2.05) is 147 Å². The molecule has 55 heavy (non-hydrogen) atoms. The van der Waals surface area contributed by atoms with Crippen LogP contribution < -0.4 is 5.73 Å². The number of hydrogen-bond donors (Lipinski definition) is 1. The van der Waals surface area contributed by atoms with Crippen molar-refractivity contribution in [2.75, 3.05) is 5.73 Å². The quantitative estimate of drug-likeness (QED) is 0.111. The molecule has 0 atom stereocenters. The second-order valence-corrected chi connectivity index (χ2v) is 14.2. The SMILES string of the molecule is CC(=O)c1c(N)c(-c2ccccc2)n(Cc2ccc(Cl)cc2)c1C.CC(=O)c1c(N=Cc2ccccc2)c(-c2ccccc2)n(Cc2ccc(Cl)cc2)c1C. The molecule has 0 saturated heterocycles. The summed E-state index contributed by atoms with van der Waals surface area (Å²) in [5.74, 6) is -0.0122. The molecule has 8 heteroatoms. The molecule has 2 aromatic heterocycles. The number of nitrogens with zero attached hydrogens (tertiary/aromatic N) is 3. The molecule has 2 N–H and O–H groups in total. The van der Waals surface area contributed by atoms with Gasteiger partial charge >= 0.3 is 0 Å². The average Bonchev–Trinajstić information content (AvgIpc) is 3.61. The monoisotopic (exact) mass is 764 g/mol. The van der Waals surface area contributed by atoms with Crippen LogP contribution in [0.5, 0.6) is 0 Å². The molecule has 276 valence electrons. The highest BCUT2D eigenvalue weighted by atomic mass is 35.5. The van der Waals surface area contributed by atoms with Crippen molar-refractivity contribution in [1.82, 2.24) is 9.13 Å². The molecule has 2 heterocycles. The minimum atomic E-state index is -0.0166. The van der Waals surface area contributed by atoms with E-state index in [4.69, 9.17) is 33.9 Å². The zero-order valence-corrected chi connectivity index (χ0v) is 32.8. The number of carbonyl (C=O) groups excluding carboxylic acids is 2. The van der Waals surface area contributed by atoms with E-state index in [0.717, 1.165) is 50.6 Å². The normalized spacial score (nSPS) is 11.0. The second-order valence-electron chi connectivity index (χ2n) is 13.3. The molecule has 5 aromatic carbocycles. The first-order chi connectivity index (χ1) is 26.5. The van der Waals surface area contributed by atoms with Crippen LogP contribution in [0.1, 0.15) is 62.6 Å². The van der Waals surface area contributed by atoms with E-state index in [0.29, 0.717) is 45.6 Å². The van der Waals surface area contributed by atoms with Crippen molar-refractivity contribution in [2.45, 2.75) is 40.8 Å². The van der Waals surface area contributed by atoms with Gasteiger partial charge < -0.3 is 14.9 Å². The van der Waals surface area contributed by atoms with Gasteiger partial charge in [0.05, 0.1) is 33.9 Å². The van der Waals surface area contributed by atoms with Crippen LogP contribution in [0, 0.1) is 13.8 Å². The molecule has 0 fully saturated rings. The summed E-state index contributed by atoms with van der Waals surface area (Å²) >= 11 is 12.0. The first-order valence-corrected chi connectivity index (χ1v) is 18.7. The number of aromatic nitrogens is 2. The molecule has 0 aliphatic rings. The first-order valence-electron chi connectivity index (χ1n) is 18.0. The van der Waals surface area contributed by atoms with Gasteiger partial charge in [-0.25, -0.2) is 0 Å². The van der Waals surface area contributed by atoms with Gasteiger partial charge in [0.2, 0.25) is 0 Å². The van der Waals surface area contributed by atoms with Crippen molar-refractivity contribution in [3.05, 3.63) is 189 Å². The Balaban J connectivity index is 0.000000193. The number of Topliss-reactive ketones (excluding diaryl/α,β-unsaturated/α-hetero) is 2. The number of benzene rings is 5. The van der Waals surface area contributed by atoms with Crippen LogP contribution in [0.15, 0.2) is 145 Å². The van der Waals surface area contributed by atoms with Crippen LogP contribution in [0.25, 0.3) is 22.5 Å². The summed E-state index contributed by atoms with van der Waals surface area (Å²) in [6.07, 6.45) is 1.82. The lowest BCUT2D eigenvalue weighted by atomic mass is 10.1. The number of nitrogen functional groups attached to an aromatic ring is 1. The molecule has 7 rings (SSSR count). The Morgan fingerprint density at radius 3 is 1.44 bits per heavy atom. The lowest BCUT2D eigenvalue weighted by Gasteiger charge is -2.13. The summed E-state index contributed by atoms with van der Waals surface area (Å²) in [7, 11) is 0. The maximum Gasteiger partial charge on any atom is 0.163 e. The Morgan fingerprint density at radius 1 is 0.582 bits per heavy atom. The molecule has 0 spiro atoms. The highest BCUT2D eigenvalue weighted by molar-refractivity contribution is 6.30. The highest BCUT2D eigenvalue weighted by Crippen LogP contribution is 2.39. The van der Waals surface area contributed by atoms with E-state index in [-0.39, 0.29) is 11.6 Å². The van der Waals surface area contributed by atoms with Gasteiger partial charge in [-0.05, 0) is 68.7 Å². The third-order valence-corrected chi connectivity index (χ3v) is 10.0. The molecular weight excluding hydrogens is 723 g/mol. The Bertz CT molecular complexity index is 2450. The summed E-state index contributed by atoms with van der Waals surface area (Å²) < 4.78 is 4.28. The molecule has 0 amide bonds. The summed E-state index contributed by atoms with van der Waals surface area (Å²) in [4.78, 5) is 29.6. The van der Waals surface area contributed by atoms with E-state index >= 15 is 0 Å². The highest BCUT2D eigenvalue weighted by Gasteiger charge is 2.25. The largest absolute Gasteiger partial charge is 0.396 e. The van der Waals surface area contributed by atoms with Gasteiger partial charge in [-0.2, -0.15) is 0 Å². The van der Waals surface area contributed by atoms with E-state index < -0.39 is 0 Å². The molecule has 7 aromatic rings. The van der Waals surface area contributed by atoms with Crippen molar-refractivity contribution < 1.29 is 9.59 Å². The predicted octanol–water partition coefficient (Wildman–Crippen LogP) is 12.1. The first kappa shape index (κ1) is 38.8. The smallest absolute Gasteiger partial charge is 0.163 e. The number of nitrogens with two attached hydrogens (primary N) is 1. The lowest BCUT2D eigenvalue weighted by molar-refractivity contribution is 0.100. The van der Waals surface area contributed by atoms with E-state index in [9.17, 15) is 9.59 Å². The molecule has 0 bridgehead atoms. The van der Waals surface area contributed by atoms with Crippen LogP contribution in [0.4, 0.5) is 11.4 Å². The minimum Gasteiger partial charge on any atom is -0.396 e. The van der Waals surface area contributed by atoms with Gasteiger partial charge in [0.25, 0.3) is 0 Å². The zero-order chi connectivity index (χ0) is 39.1. The third kappa shape index (κ3) is 8.89. The van der Waals surface area contributed by atoms with Crippen molar-refractivity contribution >= 4 is 52.4 Å². The van der Waals surface area contributed by atoms with E-state index in [1.165, 1.54) is 0 Å². The number of anilines is 1. The van der Waals surface area contributed by atoms with Crippen molar-refractivity contribution in [3.8, 4) is 22.5 Å². The number of halogens is 2. The molecule has 0 aliphatic heterocycles. The van der Waals surface area contributed by atoms with E-state index in [2.05, 4.69) is 21.3 Å². The molecule has 0 aliphatic carbocycles. The number of carbonyl (C=O) groups is 2. The summed E-state index contributed by atoms with van der Waals surface area (Å²) in [5.41, 5.74) is 17.7. The standard InChI is InChI=1S/C27H23ClN2O.C20H19ClN2O/c1-19-25(20(2)31)26(29-17-21-9-5-3-6-10-21)27(23-11-7-4-8-12-23)30(19)18-22-13-15-24(28)16-14-22;1-13-18(14(2)24)19(22)20(16-6-4-3-5-7-16)23(13)12-15-8-10-17(21)11-9-15/h3-17H,18H2,1-2H3;3-11H,12,22H2,1-2H3. The van der Waals surface area contributed by atoms with Crippen molar-refractivity contribution in [1.29, 1.82) is 0 Å². The number of aliphatic imine (C=N–C) groups is 1. The fraction of sp³-hybridized carbons (Fsp3) is 0.128.